The van der Waals surface area contributed by atoms with E-state index in [9.17, 15) is 9.59 Å². The van der Waals surface area contributed by atoms with Gasteiger partial charge < -0.3 is 4.42 Å². The summed E-state index contributed by atoms with van der Waals surface area (Å²) >= 11 is 4.37. The number of hydrogen-bond donors (Lipinski definition) is 0. The SMILES string of the molecule is CCCCN1C(=O)SC(=Cc2ccc(-c3ccc(Br)cc3)o2)C1=O. The molecule has 2 aromatic rings. The molecule has 24 heavy (non-hydrogen) atoms. The van der Waals surface area contributed by atoms with E-state index in [1.165, 1.54) is 4.90 Å². The van der Waals surface area contributed by atoms with Crippen LogP contribution in [0.25, 0.3) is 17.4 Å². The van der Waals surface area contributed by atoms with Crippen LogP contribution in [0.5, 0.6) is 0 Å². The van der Waals surface area contributed by atoms with Crippen LogP contribution in [0.1, 0.15) is 25.5 Å². The maximum atomic E-state index is 12.3. The number of imide groups is 1. The monoisotopic (exact) mass is 405 g/mol. The van der Waals surface area contributed by atoms with E-state index in [0.29, 0.717) is 17.2 Å². The van der Waals surface area contributed by atoms with Crippen LogP contribution in [-0.4, -0.2) is 22.6 Å². The first kappa shape index (κ1) is 17.0. The largest absolute Gasteiger partial charge is 0.457 e. The highest BCUT2D eigenvalue weighted by atomic mass is 79.9. The van der Waals surface area contributed by atoms with Gasteiger partial charge in [-0.1, -0.05) is 41.4 Å². The first-order valence-electron chi connectivity index (χ1n) is 7.69. The van der Waals surface area contributed by atoms with Crippen LogP contribution in [0.15, 0.2) is 50.2 Å². The number of benzene rings is 1. The van der Waals surface area contributed by atoms with Crippen molar-refractivity contribution in [1.29, 1.82) is 0 Å². The summed E-state index contributed by atoms with van der Waals surface area (Å²) in [5.41, 5.74) is 0.953. The smallest absolute Gasteiger partial charge is 0.293 e. The van der Waals surface area contributed by atoms with Gasteiger partial charge in [0.15, 0.2) is 0 Å². The van der Waals surface area contributed by atoms with Crippen LogP contribution in [0.2, 0.25) is 0 Å². The van der Waals surface area contributed by atoms with Gasteiger partial charge in [0.2, 0.25) is 0 Å². The lowest BCUT2D eigenvalue weighted by Crippen LogP contribution is -2.29. The normalized spacial score (nSPS) is 16.4. The molecule has 1 aliphatic rings. The molecule has 2 heterocycles. The van der Waals surface area contributed by atoms with Crippen LogP contribution in [0.3, 0.4) is 0 Å². The average molecular weight is 406 g/mol. The number of carbonyl (C=O) groups is 2. The molecule has 0 radical (unpaired) electrons. The van der Waals surface area contributed by atoms with Crippen molar-refractivity contribution in [2.75, 3.05) is 6.54 Å². The Bertz CT molecular complexity index is 795. The predicted octanol–water partition coefficient (Wildman–Crippen LogP) is 5.55. The Balaban J connectivity index is 1.78. The van der Waals surface area contributed by atoms with Gasteiger partial charge in [-0.2, -0.15) is 0 Å². The summed E-state index contributed by atoms with van der Waals surface area (Å²) in [7, 11) is 0. The molecule has 0 atom stereocenters. The highest BCUT2D eigenvalue weighted by molar-refractivity contribution is 9.10. The quantitative estimate of drug-likeness (QED) is 0.612. The molecule has 1 aromatic carbocycles. The van der Waals surface area contributed by atoms with E-state index in [1.54, 1.807) is 12.1 Å². The van der Waals surface area contributed by atoms with Gasteiger partial charge in [-0.3, -0.25) is 14.5 Å². The van der Waals surface area contributed by atoms with Crippen molar-refractivity contribution >= 4 is 44.9 Å². The Labute approximate surface area is 153 Å². The van der Waals surface area contributed by atoms with E-state index < -0.39 is 0 Å². The summed E-state index contributed by atoms with van der Waals surface area (Å²) in [6, 6.07) is 11.4. The molecule has 3 rings (SSSR count). The van der Waals surface area contributed by atoms with Gasteiger partial charge in [-0.25, -0.2) is 0 Å². The van der Waals surface area contributed by atoms with Crippen molar-refractivity contribution < 1.29 is 14.0 Å². The fourth-order valence-electron chi connectivity index (χ4n) is 2.34. The Hall–Kier alpha value is -1.79. The van der Waals surface area contributed by atoms with Gasteiger partial charge in [-0.05, 0) is 42.4 Å². The lowest BCUT2D eigenvalue weighted by Gasteiger charge is -2.10. The zero-order valence-corrected chi connectivity index (χ0v) is 15.5. The average Bonchev–Trinajstić information content (AvgIpc) is 3.13. The van der Waals surface area contributed by atoms with Gasteiger partial charge in [0, 0.05) is 22.7 Å². The molecule has 4 nitrogen and oxygen atoms in total. The highest BCUT2D eigenvalue weighted by Gasteiger charge is 2.34. The first-order valence-corrected chi connectivity index (χ1v) is 9.30. The van der Waals surface area contributed by atoms with E-state index in [4.69, 9.17) is 4.42 Å². The highest BCUT2D eigenvalue weighted by Crippen LogP contribution is 2.33. The van der Waals surface area contributed by atoms with Crippen LogP contribution in [0.4, 0.5) is 4.79 Å². The Morgan fingerprint density at radius 3 is 2.62 bits per heavy atom. The summed E-state index contributed by atoms with van der Waals surface area (Å²) in [5.74, 6) is 1.05. The van der Waals surface area contributed by atoms with Crippen molar-refractivity contribution in [3.8, 4) is 11.3 Å². The fourth-order valence-corrected chi connectivity index (χ4v) is 3.45. The lowest BCUT2D eigenvalue weighted by atomic mass is 10.2. The molecule has 2 amide bonds. The Morgan fingerprint density at radius 2 is 1.92 bits per heavy atom. The number of rotatable bonds is 5. The maximum absolute atomic E-state index is 12.3. The van der Waals surface area contributed by atoms with Crippen molar-refractivity contribution in [2.45, 2.75) is 19.8 Å². The number of nitrogens with zero attached hydrogens (tertiary/aromatic N) is 1. The molecule has 124 valence electrons. The minimum Gasteiger partial charge on any atom is -0.457 e. The number of unbranched alkanes of at least 4 members (excludes halogenated alkanes) is 1. The molecule has 1 aliphatic heterocycles. The zero-order chi connectivity index (χ0) is 17.1. The standard InChI is InChI=1S/C18H16BrNO3S/c1-2-3-10-20-17(21)16(24-18(20)22)11-14-8-9-15(23-14)12-4-6-13(19)7-5-12/h4-9,11H,2-3,10H2,1H3. The molecular weight excluding hydrogens is 390 g/mol. The van der Waals surface area contributed by atoms with Gasteiger partial charge in [-0.15, -0.1) is 0 Å². The molecule has 0 unspecified atom stereocenters. The lowest BCUT2D eigenvalue weighted by molar-refractivity contribution is -0.122. The van der Waals surface area contributed by atoms with Gasteiger partial charge in [0.1, 0.15) is 11.5 Å². The molecule has 1 aromatic heterocycles. The van der Waals surface area contributed by atoms with Crippen molar-refractivity contribution in [2.24, 2.45) is 0 Å². The van der Waals surface area contributed by atoms with Crippen molar-refractivity contribution in [3.63, 3.8) is 0 Å². The second-order valence-electron chi connectivity index (χ2n) is 5.40. The Kier molecular flexibility index (Phi) is 5.26. The molecule has 0 aliphatic carbocycles. The molecule has 0 saturated carbocycles. The Morgan fingerprint density at radius 1 is 1.17 bits per heavy atom. The predicted molar refractivity (Wildman–Crippen MR) is 99.4 cm³/mol. The van der Waals surface area contributed by atoms with Gasteiger partial charge in [0.25, 0.3) is 11.1 Å². The van der Waals surface area contributed by atoms with E-state index in [2.05, 4.69) is 15.9 Å². The molecule has 1 fully saturated rings. The third kappa shape index (κ3) is 3.65. The number of furan rings is 1. The molecule has 0 spiro atoms. The summed E-state index contributed by atoms with van der Waals surface area (Å²) in [5, 5.41) is -0.209. The second kappa shape index (κ2) is 7.40. The minimum absolute atomic E-state index is 0.209. The summed E-state index contributed by atoms with van der Waals surface area (Å²) in [6.45, 7) is 2.50. The molecular formula is C18H16BrNO3S. The minimum atomic E-state index is -0.236. The third-order valence-corrected chi connectivity index (χ3v) is 5.07. The molecule has 1 saturated heterocycles. The number of halogens is 1. The summed E-state index contributed by atoms with van der Waals surface area (Å²) < 4.78 is 6.78. The number of amides is 2. The van der Waals surface area contributed by atoms with Crippen LogP contribution in [-0.2, 0) is 4.79 Å². The third-order valence-electron chi connectivity index (χ3n) is 3.64. The van der Waals surface area contributed by atoms with Crippen molar-refractivity contribution in [1.82, 2.24) is 4.90 Å². The molecule has 6 heteroatoms. The zero-order valence-electron chi connectivity index (χ0n) is 13.1. The number of carbonyl (C=O) groups excluding carboxylic acids is 2. The molecule has 0 N–H and O–H groups in total. The second-order valence-corrected chi connectivity index (χ2v) is 7.30. The van der Waals surface area contributed by atoms with Gasteiger partial charge >= 0.3 is 0 Å². The van der Waals surface area contributed by atoms with Crippen LogP contribution >= 0.6 is 27.7 Å². The fraction of sp³-hybridized carbons (Fsp3) is 0.222. The molecule has 0 bridgehead atoms. The summed E-state index contributed by atoms with van der Waals surface area (Å²) in [6.07, 6.45) is 3.40. The number of hydrogen-bond acceptors (Lipinski definition) is 4. The van der Waals surface area contributed by atoms with Gasteiger partial charge in [0.05, 0.1) is 4.91 Å². The first-order chi connectivity index (χ1) is 11.6. The van der Waals surface area contributed by atoms with E-state index in [-0.39, 0.29) is 11.1 Å². The number of thioether (sulfide) groups is 1. The van der Waals surface area contributed by atoms with E-state index in [0.717, 1.165) is 40.4 Å². The summed E-state index contributed by atoms with van der Waals surface area (Å²) in [4.78, 5) is 26.0. The van der Waals surface area contributed by atoms with Crippen LogP contribution < -0.4 is 0 Å². The van der Waals surface area contributed by atoms with E-state index >= 15 is 0 Å². The topological polar surface area (TPSA) is 50.5 Å². The van der Waals surface area contributed by atoms with Crippen molar-refractivity contribution in [3.05, 3.63) is 51.5 Å². The maximum Gasteiger partial charge on any atom is 0.293 e. The van der Waals surface area contributed by atoms with E-state index in [1.807, 2.05) is 37.3 Å². The van der Waals surface area contributed by atoms with Crippen LogP contribution in [0, 0.1) is 0 Å².